The Hall–Kier alpha value is -1.15. The lowest BCUT2D eigenvalue weighted by Gasteiger charge is -2.26. The standard InChI is InChI=1S/C17H24NO/c19-17(16-10-4-1-5-11-16)12-6-2-7-13-18-14-8-3-9-15-18/h1,3-5,10-11H,2,6-9,12-15H2. The van der Waals surface area contributed by atoms with E-state index in [0.29, 0.717) is 6.42 Å². The molecule has 0 aliphatic carbocycles. The molecule has 1 radical (unpaired) electrons. The van der Waals surface area contributed by atoms with Gasteiger partial charge in [0.05, 0.1) is 0 Å². The van der Waals surface area contributed by atoms with Crippen molar-refractivity contribution in [1.82, 2.24) is 4.90 Å². The number of rotatable bonds is 7. The summed E-state index contributed by atoms with van der Waals surface area (Å²) in [5.41, 5.74) is 0.856. The van der Waals surface area contributed by atoms with Gasteiger partial charge in [0.1, 0.15) is 0 Å². The first-order valence-electron chi connectivity index (χ1n) is 7.48. The van der Waals surface area contributed by atoms with Crippen molar-refractivity contribution in [3.63, 3.8) is 0 Å². The van der Waals surface area contributed by atoms with Crippen molar-refractivity contribution in [3.05, 3.63) is 42.3 Å². The lowest BCUT2D eigenvalue weighted by Crippen LogP contribution is -2.30. The predicted molar refractivity (Wildman–Crippen MR) is 79.2 cm³/mol. The van der Waals surface area contributed by atoms with Crippen LogP contribution in [-0.2, 0) is 0 Å². The second-order valence-electron chi connectivity index (χ2n) is 5.31. The highest BCUT2D eigenvalue weighted by molar-refractivity contribution is 5.95. The summed E-state index contributed by atoms with van der Waals surface area (Å²) < 4.78 is 0. The van der Waals surface area contributed by atoms with Crippen LogP contribution >= 0.6 is 0 Å². The van der Waals surface area contributed by atoms with E-state index >= 15 is 0 Å². The van der Waals surface area contributed by atoms with Crippen LogP contribution in [0.3, 0.4) is 0 Å². The van der Waals surface area contributed by atoms with Gasteiger partial charge in [-0.25, -0.2) is 0 Å². The third-order valence-electron chi connectivity index (χ3n) is 3.77. The van der Waals surface area contributed by atoms with Gasteiger partial charge >= 0.3 is 0 Å². The summed E-state index contributed by atoms with van der Waals surface area (Å²) >= 11 is 0. The summed E-state index contributed by atoms with van der Waals surface area (Å²) in [5.74, 6) is 0.285. The van der Waals surface area contributed by atoms with Crippen molar-refractivity contribution in [1.29, 1.82) is 0 Å². The zero-order valence-electron chi connectivity index (χ0n) is 11.7. The Labute approximate surface area is 116 Å². The molecule has 0 saturated carbocycles. The molecule has 0 aromatic heterocycles. The molecule has 0 amide bonds. The van der Waals surface area contributed by atoms with Gasteiger partial charge in [-0.05, 0) is 51.7 Å². The van der Waals surface area contributed by atoms with Crippen LogP contribution in [0.2, 0.25) is 0 Å². The normalized spacial score (nSPS) is 16.4. The van der Waals surface area contributed by atoms with Crippen LogP contribution in [-0.4, -0.2) is 30.3 Å². The number of hydrogen-bond donors (Lipinski definition) is 0. The molecule has 1 saturated heterocycles. The van der Waals surface area contributed by atoms with Gasteiger partial charge in [0.2, 0.25) is 0 Å². The summed E-state index contributed by atoms with van der Waals surface area (Å²) in [4.78, 5) is 14.4. The molecule has 103 valence electrons. The van der Waals surface area contributed by atoms with E-state index in [2.05, 4.69) is 11.3 Å². The number of carbonyl (C=O) groups is 1. The minimum Gasteiger partial charge on any atom is -0.303 e. The summed E-state index contributed by atoms with van der Waals surface area (Å²) in [6, 6.07) is 9.63. The minimum absolute atomic E-state index is 0.285. The highest BCUT2D eigenvalue weighted by Crippen LogP contribution is 2.11. The Bertz CT molecular complexity index is 368. The molecule has 19 heavy (non-hydrogen) atoms. The third kappa shape index (κ3) is 5.15. The van der Waals surface area contributed by atoms with E-state index in [1.54, 1.807) is 0 Å². The molecule has 1 aliphatic heterocycles. The van der Waals surface area contributed by atoms with Crippen molar-refractivity contribution >= 4 is 5.78 Å². The smallest absolute Gasteiger partial charge is 0.162 e. The van der Waals surface area contributed by atoms with E-state index in [1.165, 1.54) is 45.3 Å². The van der Waals surface area contributed by atoms with Gasteiger partial charge in [-0.3, -0.25) is 4.79 Å². The molecule has 2 heteroatoms. The van der Waals surface area contributed by atoms with Crippen LogP contribution in [0.1, 0.15) is 48.9 Å². The van der Waals surface area contributed by atoms with Crippen LogP contribution < -0.4 is 0 Å². The first-order valence-corrected chi connectivity index (χ1v) is 7.48. The summed E-state index contributed by atoms with van der Waals surface area (Å²) in [7, 11) is 0. The van der Waals surface area contributed by atoms with Gasteiger partial charge in [-0.1, -0.05) is 36.8 Å². The van der Waals surface area contributed by atoms with Gasteiger partial charge in [-0.2, -0.15) is 0 Å². The lowest BCUT2D eigenvalue weighted by atomic mass is 10.0. The van der Waals surface area contributed by atoms with Gasteiger partial charge in [-0.15, -0.1) is 0 Å². The molecule has 0 N–H and O–H groups in total. The van der Waals surface area contributed by atoms with Crippen LogP contribution in [0.5, 0.6) is 0 Å². The number of piperidine rings is 1. The van der Waals surface area contributed by atoms with E-state index in [0.717, 1.165) is 12.0 Å². The van der Waals surface area contributed by atoms with E-state index in [1.807, 2.05) is 30.3 Å². The number of benzene rings is 1. The predicted octanol–water partition coefficient (Wildman–Crippen LogP) is 3.73. The monoisotopic (exact) mass is 258 g/mol. The molecular formula is C17H24NO. The zero-order valence-corrected chi connectivity index (χ0v) is 11.7. The third-order valence-corrected chi connectivity index (χ3v) is 3.77. The Balaban J connectivity index is 1.55. The average molecular weight is 258 g/mol. The Morgan fingerprint density at radius 1 is 1.00 bits per heavy atom. The van der Waals surface area contributed by atoms with E-state index in [4.69, 9.17) is 0 Å². The molecule has 1 heterocycles. The molecule has 0 spiro atoms. The Kier molecular flexibility index (Phi) is 6.09. The SMILES string of the molecule is O=C(CCCCCN1CC[CH]CC1)c1ccccc1. The summed E-state index contributed by atoms with van der Waals surface area (Å²) in [6.07, 6.45) is 8.97. The fourth-order valence-corrected chi connectivity index (χ4v) is 2.59. The molecule has 2 rings (SSSR count). The Morgan fingerprint density at radius 2 is 1.74 bits per heavy atom. The first-order chi connectivity index (χ1) is 9.36. The van der Waals surface area contributed by atoms with Gasteiger partial charge < -0.3 is 4.90 Å². The molecule has 0 atom stereocenters. The number of ketones is 1. The largest absolute Gasteiger partial charge is 0.303 e. The summed E-state index contributed by atoms with van der Waals surface area (Å²) in [6.45, 7) is 3.65. The summed E-state index contributed by atoms with van der Waals surface area (Å²) in [5, 5.41) is 0. The van der Waals surface area contributed by atoms with E-state index in [-0.39, 0.29) is 5.78 Å². The van der Waals surface area contributed by atoms with Crippen LogP contribution in [0.15, 0.2) is 30.3 Å². The number of likely N-dealkylation sites (tertiary alicyclic amines) is 1. The molecule has 0 unspecified atom stereocenters. The van der Waals surface area contributed by atoms with Crippen molar-refractivity contribution in [2.24, 2.45) is 0 Å². The molecular weight excluding hydrogens is 234 g/mol. The maximum atomic E-state index is 11.9. The number of unbranched alkanes of at least 4 members (excludes halogenated alkanes) is 2. The minimum atomic E-state index is 0.285. The van der Waals surface area contributed by atoms with Crippen LogP contribution in [0.25, 0.3) is 0 Å². The van der Waals surface area contributed by atoms with E-state index in [9.17, 15) is 4.79 Å². The fraction of sp³-hybridized carbons (Fsp3) is 0.529. The van der Waals surface area contributed by atoms with Crippen LogP contribution in [0.4, 0.5) is 0 Å². The lowest BCUT2D eigenvalue weighted by molar-refractivity contribution is 0.0978. The van der Waals surface area contributed by atoms with Gasteiger partial charge in [0.15, 0.2) is 5.78 Å². The quantitative estimate of drug-likeness (QED) is 0.548. The first kappa shape index (κ1) is 14.3. The Morgan fingerprint density at radius 3 is 2.47 bits per heavy atom. The van der Waals surface area contributed by atoms with E-state index < -0.39 is 0 Å². The van der Waals surface area contributed by atoms with Crippen LogP contribution in [0, 0.1) is 6.42 Å². The number of hydrogen-bond acceptors (Lipinski definition) is 2. The molecule has 1 aliphatic rings. The van der Waals surface area contributed by atoms with Gasteiger partial charge in [0, 0.05) is 12.0 Å². The van der Waals surface area contributed by atoms with Crippen molar-refractivity contribution in [2.45, 2.75) is 38.5 Å². The molecule has 0 bridgehead atoms. The second kappa shape index (κ2) is 8.11. The zero-order chi connectivity index (χ0) is 13.3. The molecule has 1 fully saturated rings. The average Bonchev–Trinajstić information content (AvgIpc) is 2.49. The molecule has 1 aromatic carbocycles. The number of nitrogens with zero attached hydrogens (tertiary/aromatic N) is 1. The maximum absolute atomic E-state index is 11.9. The number of carbonyl (C=O) groups excluding carboxylic acids is 1. The second-order valence-corrected chi connectivity index (χ2v) is 5.31. The highest BCUT2D eigenvalue weighted by atomic mass is 16.1. The topological polar surface area (TPSA) is 20.3 Å². The fourth-order valence-electron chi connectivity index (χ4n) is 2.59. The highest BCUT2D eigenvalue weighted by Gasteiger charge is 2.09. The van der Waals surface area contributed by atoms with Crippen molar-refractivity contribution in [2.75, 3.05) is 19.6 Å². The van der Waals surface area contributed by atoms with Crippen molar-refractivity contribution < 1.29 is 4.79 Å². The number of Topliss-reactive ketones (excluding diaryl/α,β-unsaturated/α-hetero) is 1. The molecule has 2 nitrogen and oxygen atoms in total. The maximum Gasteiger partial charge on any atom is 0.162 e. The van der Waals surface area contributed by atoms with Crippen molar-refractivity contribution in [3.8, 4) is 0 Å². The molecule has 1 aromatic rings. The van der Waals surface area contributed by atoms with Gasteiger partial charge in [0.25, 0.3) is 0 Å².